The first-order valence-corrected chi connectivity index (χ1v) is 2.95. The average molecular weight is 138 g/mol. The highest BCUT2D eigenvalue weighted by molar-refractivity contribution is 4.75. The molecular formula is C6H12F2O. The zero-order valence-corrected chi connectivity index (χ0v) is 5.86. The van der Waals surface area contributed by atoms with E-state index >= 15 is 0 Å². The molecule has 0 aliphatic rings. The molecule has 0 heterocycles. The lowest BCUT2D eigenvalue weighted by Crippen LogP contribution is -2.36. The van der Waals surface area contributed by atoms with Crippen LogP contribution in [0.2, 0.25) is 0 Å². The van der Waals surface area contributed by atoms with E-state index in [1.54, 1.807) is 0 Å². The van der Waals surface area contributed by atoms with Crippen molar-refractivity contribution < 1.29 is 13.9 Å². The number of aliphatic hydroxyl groups is 1. The number of rotatable bonds is 2. The summed E-state index contributed by atoms with van der Waals surface area (Å²) in [5.74, 6) is -3.74. The van der Waals surface area contributed by atoms with Crippen LogP contribution in [-0.2, 0) is 0 Å². The van der Waals surface area contributed by atoms with E-state index in [2.05, 4.69) is 0 Å². The minimum atomic E-state index is -2.94. The van der Waals surface area contributed by atoms with Crippen molar-refractivity contribution in [3.63, 3.8) is 0 Å². The van der Waals surface area contributed by atoms with Crippen molar-refractivity contribution in [3.05, 3.63) is 0 Å². The van der Waals surface area contributed by atoms with Crippen molar-refractivity contribution in [3.8, 4) is 0 Å². The van der Waals surface area contributed by atoms with E-state index in [0.717, 1.165) is 6.92 Å². The second kappa shape index (κ2) is 2.60. The Morgan fingerprint density at radius 2 is 1.56 bits per heavy atom. The molecule has 0 aliphatic carbocycles. The lowest BCUT2D eigenvalue weighted by molar-refractivity contribution is -0.131. The molecule has 3 heteroatoms. The van der Waals surface area contributed by atoms with E-state index in [9.17, 15) is 8.78 Å². The second-order valence-corrected chi connectivity index (χ2v) is 2.51. The summed E-state index contributed by atoms with van der Waals surface area (Å²) in [7, 11) is 0. The summed E-state index contributed by atoms with van der Waals surface area (Å²) in [6, 6.07) is 0. The van der Waals surface area contributed by atoms with Gasteiger partial charge in [0.05, 0.1) is 0 Å². The van der Waals surface area contributed by atoms with E-state index in [1.807, 2.05) is 0 Å². The Hall–Kier alpha value is -0.180. The monoisotopic (exact) mass is 138 g/mol. The summed E-state index contributed by atoms with van der Waals surface area (Å²) in [5.41, 5.74) is 0. The van der Waals surface area contributed by atoms with Crippen molar-refractivity contribution in [2.24, 2.45) is 5.92 Å². The van der Waals surface area contributed by atoms with Crippen LogP contribution in [0.25, 0.3) is 0 Å². The van der Waals surface area contributed by atoms with Gasteiger partial charge in [-0.05, 0) is 6.92 Å². The van der Waals surface area contributed by atoms with Crippen LogP contribution in [-0.4, -0.2) is 17.1 Å². The molecule has 0 saturated heterocycles. The van der Waals surface area contributed by atoms with Gasteiger partial charge < -0.3 is 5.11 Å². The summed E-state index contributed by atoms with van der Waals surface area (Å²) < 4.78 is 24.8. The van der Waals surface area contributed by atoms with Gasteiger partial charge in [0.25, 0.3) is 5.92 Å². The van der Waals surface area contributed by atoms with E-state index in [0.29, 0.717) is 0 Å². The van der Waals surface area contributed by atoms with Crippen LogP contribution >= 0.6 is 0 Å². The highest BCUT2D eigenvalue weighted by atomic mass is 19.3. The van der Waals surface area contributed by atoms with Crippen LogP contribution in [0.3, 0.4) is 0 Å². The third-order valence-corrected chi connectivity index (χ3v) is 1.33. The average Bonchev–Trinajstić information content (AvgIpc) is 1.65. The summed E-state index contributed by atoms with van der Waals surface area (Å²) in [4.78, 5) is 0. The number of hydrogen-bond acceptors (Lipinski definition) is 1. The molecule has 0 unspecified atom stereocenters. The quantitative estimate of drug-likeness (QED) is 0.615. The van der Waals surface area contributed by atoms with Gasteiger partial charge in [-0.15, -0.1) is 0 Å². The Morgan fingerprint density at radius 1 is 1.22 bits per heavy atom. The van der Waals surface area contributed by atoms with Crippen LogP contribution in [0.4, 0.5) is 8.78 Å². The first-order valence-electron chi connectivity index (χ1n) is 2.95. The lowest BCUT2D eigenvalue weighted by atomic mass is 10.0. The van der Waals surface area contributed by atoms with E-state index in [1.165, 1.54) is 13.8 Å². The second-order valence-electron chi connectivity index (χ2n) is 2.51. The standard InChI is InChI=1S/C6H12F2O/c1-4(2)6(7,8)5(3)9/h4-5,9H,1-3H3/t5-/m0/s1. The molecule has 0 aliphatic heterocycles. The van der Waals surface area contributed by atoms with Gasteiger partial charge in [-0.2, -0.15) is 0 Å². The molecule has 0 spiro atoms. The van der Waals surface area contributed by atoms with Gasteiger partial charge in [0.1, 0.15) is 6.10 Å². The normalized spacial score (nSPS) is 16.3. The number of aliphatic hydroxyl groups excluding tert-OH is 1. The molecule has 9 heavy (non-hydrogen) atoms. The van der Waals surface area contributed by atoms with Crippen LogP contribution < -0.4 is 0 Å². The zero-order chi connectivity index (χ0) is 7.65. The van der Waals surface area contributed by atoms with Gasteiger partial charge in [0.2, 0.25) is 0 Å². The lowest BCUT2D eigenvalue weighted by Gasteiger charge is -2.22. The van der Waals surface area contributed by atoms with Crippen molar-refractivity contribution in [2.75, 3.05) is 0 Å². The molecular weight excluding hydrogens is 126 g/mol. The summed E-state index contributed by atoms with van der Waals surface area (Å²) >= 11 is 0. The summed E-state index contributed by atoms with van der Waals surface area (Å²) in [6.07, 6.45) is -1.54. The molecule has 0 radical (unpaired) electrons. The molecule has 0 saturated carbocycles. The predicted octanol–water partition coefficient (Wildman–Crippen LogP) is 1.66. The maximum absolute atomic E-state index is 12.4. The molecule has 1 nitrogen and oxygen atoms in total. The maximum atomic E-state index is 12.4. The Morgan fingerprint density at radius 3 is 1.56 bits per heavy atom. The van der Waals surface area contributed by atoms with Gasteiger partial charge in [-0.25, -0.2) is 8.78 Å². The van der Waals surface area contributed by atoms with E-state index < -0.39 is 17.9 Å². The molecule has 0 bridgehead atoms. The molecule has 56 valence electrons. The molecule has 0 fully saturated rings. The summed E-state index contributed by atoms with van der Waals surface area (Å²) in [5, 5.41) is 8.50. The molecule has 0 aromatic carbocycles. The highest BCUT2D eigenvalue weighted by Crippen LogP contribution is 2.27. The number of hydrogen-bond donors (Lipinski definition) is 1. The molecule has 0 aromatic heterocycles. The van der Waals surface area contributed by atoms with Gasteiger partial charge in [0.15, 0.2) is 0 Å². The van der Waals surface area contributed by atoms with Crippen molar-refractivity contribution in [1.29, 1.82) is 0 Å². The van der Waals surface area contributed by atoms with Gasteiger partial charge in [0, 0.05) is 5.92 Å². The van der Waals surface area contributed by atoms with Crippen molar-refractivity contribution in [2.45, 2.75) is 32.8 Å². The minimum Gasteiger partial charge on any atom is -0.387 e. The smallest absolute Gasteiger partial charge is 0.275 e. The largest absolute Gasteiger partial charge is 0.387 e. The SMILES string of the molecule is CC(C)C(F)(F)[C@H](C)O. The topological polar surface area (TPSA) is 20.2 Å². The number of halogens is 2. The van der Waals surface area contributed by atoms with E-state index in [-0.39, 0.29) is 0 Å². The maximum Gasteiger partial charge on any atom is 0.275 e. The Balaban J connectivity index is 4.01. The fraction of sp³-hybridized carbons (Fsp3) is 1.00. The van der Waals surface area contributed by atoms with Crippen LogP contribution in [0.5, 0.6) is 0 Å². The number of alkyl halides is 2. The zero-order valence-electron chi connectivity index (χ0n) is 5.86. The van der Waals surface area contributed by atoms with Crippen LogP contribution in [0.1, 0.15) is 20.8 Å². The van der Waals surface area contributed by atoms with Crippen molar-refractivity contribution >= 4 is 0 Å². The third kappa shape index (κ3) is 1.90. The fourth-order valence-corrected chi connectivity index (χ4v) is 0.482. The Bertz CT molecular complexity index is 79.1. The Kier molecular flexibility index (Phi) is 2.55. The molecule has 0 aromatic rings. The van der Waals surface area contributed by atoms with Crippen LogP contribution in [0, 0.1) is 5.92 Å². The fourth-order valence-electron chi connectivity index (χ4n) is 0.482. The van der Waals surface area contributed by atoms with Crippen LogP contribution in [0.15, 0.2) is 0 Å². The first-order chi connectivity index (χ1) is 3.89. The molecule has 1 N–H and O–H groups in total. The van der Waals surface area contributed by atoms with Gasteiger partial charge in [-0.3, -0.25) is 0 Å². The minimum absolute atomic E-state index is 0.794. The molecule has 1 atom stereocenters. The highest BCUT2D eigenvalue weighted by Gasteiger charge is 2.38. The first kappa shape index (κ1) is 8.82. The van der Waals surface area contributed by atoms with Gasteiger partial charge >= 0.3 is 0 Å². The van der Waals surface area contributed by atoms with E-state index in [4.69, 9.17) is 5.11 Å². The Labute approximate surface area is 53.7 Å². The molecule has 0 amide bonds. The predicted molar refractivity (Wildman–Crippen MR) is 31.5 cm³/mol. The van der Waals surface area contributed by atoms with Gasteiger partial charge in [-0.1, -0.05) is 13.8 Å². The van der Waals surface area contributed by atoms with Crippen molar-refractivity contribution in [1.82, 2.24) is 0 Å². The molecule has 0 rings (SSSR count). The summed E-state index contributed by atoms with van der Waals surface area (Å²) in [6.45, 7) is 3.86. The third-order valence-electron chi connectivity index (χ3n) is 1.33.